The second kappa shape index (κ2) is 12.4. The second-order valence-corrected chi connectivity index (χ2v) is 12.2. The van der Waals surface area contributed by atoms with Crippen LogP contribution >= 0.6 is 11.3 Å². The SMILES string of the molecule is CCOCCn1c(=NC(=O)c2ccc(S(=O)(=O)N(C)C3CCCCC3)cc2)sc2cc(OC)c(OC)cc21. The molecule has 1 amide bonds. The Balaban J connectivity index is 1.65. The topological polar surface area (TPSA) is 99.4 Å². The van der Waals surface area contributed by atoms with Crippen LogP contribution in [0.2, 0.25) is 0 Å². The predicted molar refractivity (Wildman–Crippen MR) is 148 cm³/mol. The Morgan fingerprint density at radius 2 is 1.74 bits per heavy atom. The van der Waals surface area contributed by atoms with Crippen LogP contribution in [-0.2, 0) is 21.3 Å². The molecule has 0 radical (unpaired) electrons. The molecule has 0 saturated heterocycles. The summed E-state index contributed by atoms with van der Waals surface area (Å²) in [6.45, 7) is 3.46. The fraction of sp³-hybridized carbons (Fsp3) is 0.481. The summed E-state index contributed by atoms with van der Waals surface area (Å²) in [4.78, 5) is 18.2. The van der Waals surface area contributed by atoms with Gasteiger partial charge in [0.2, 0.25) is 10.0 Å². The number of rotatable bonds is 10. The van der Waals surface area contributed by atoms with Gasteiger partial charge in [-0.1, -0.05) is 30.6 Å². The molecule has 0 N–H and O–H groups in total. The molecule has 1 aliphatic carbocycles. The van der Waals surface area contributed by atoms with Crippen molar-refractivity contribution in [1.82, 2.24) is 8.87 Å². The van der Waals surface area contributed by atoms with Gasteiger partial charge in [-0.3, -0.25) is 4.79 Å². The van der Waals surface area contributed by atoms with Crippen molar-refractivity contribution in [3.63, 3.8) is 0 Å². The highest BCUT2D eigenvalue weighted by molar-refractivity contribution is 7.89. The Hall–Kier alpha value is -2.73. The largest absolute Gasteiger partial charge is 0.493 e. The average molecular weight is 562 g/mol. The minimum absolute atomic E-state index is 0.0161. The molecule has 0 unspecified atom stereocenters. The van der Waals surface area contributed by atoms with Gasteiger partial charge >= 0.3 is 0 Å². The van der Waals surface area contributed by atoms with Gasteiger partial charge in [-0.15, -0.1) is 0 Å². The van der Waals surface area contributed by atoms with Crippen molar-refractivity contribution in [3.8, 4) is 11.5 Å². The van der Waals surface area contributed by atoms with Crippen molar-refractivity contribution in [2.75, 3.05) is 34.5 Å². The van der Waals surface area contributed by atoms with Gasteiger partial charge in [-0.25, -0.2) is 8.42 Å². The van der Waals surface area contributed by atoms with Crippen LogP contribution in [0.5, 0.6) is 11.5 Å². The van der Waals surface area contributed by atoms with E-state index in [1.54, 1.807) is 21.3 Å². The number of sulfonamides is 1. The molecule has 1 heterocycles. The molecule has 0 aliphatic heterocycles. The monoisotopic (exact) mass is 561 g/mol. The van der Waals surface area contributed by atoms with Crippen LogP contribution in [-0.4, -0.2) is 63.7 Å². The lowest BCUT2D eigenvalue weighted by molar-refractivity contribution is 0.0996. The Morgan fingerprint density at radius 3 is 2.37 bits per heavy atom. The smallest absolute Gasteiger partial charge is 0.279 e. The Labute approximate surface area is 227 Å². The second-order valence-electron chi connectivity index (χ2n) is 9.16. The number of aromatic nitrogens is 1. The molecule has 11 heteroatoms. The Kier molecular flexibility index (Phi) is 9.24. The normalized spacial score (nSPS) is 15.3. The van der Waals surface area contributed by atoms with Crippen molar-refractivity contribution in [1.29, 1.82) is 0 Å². The summed E-state index contributed by atoms with van der Waals surface area (Å²) in [5, 5.41) is 0. The van der Waals surface area contributed by atoms with E-state index in [0.29, 0.717) is 41.6 Å². The van der Waals surface area contributed by atoms with Gasteiger partial charge in [0.05, 0.1) is 35.9 Å². The number of fused-ring (bicyclic) bond motifs is 1. The molecule has 1 saturated carbocycles. The molecule has 206 valence electrons. The first-order valence-corrected chi connectivity index (χ1v) is 15.1. The van der Waals surface area contributed by atoms with E-state index in [0.717, 1.165) is 42.3 Å². The molecule has 3 aromatic rings. The predicted octanol–water partition coefficient (Wildman–Crippen LogP) is 4.45. The Morgan fingerprint density at radius 1 is 1.08 bits per heavy atom. The van der Waals surface area contributed by atoms with Crippen molar-refractivity contribution in [2.24, 2.45) is 4.99 Å². The zero-order chi connectivity index (χ0) is 27.3. The maximum absolute atomic E-state index is 13.2. The number of amides is 1. The zero-order valence-corrected chi connectivity index (χ0v) is 23.9. The van der Waals surface area contributed by atoms with Crippen molar-refractivity contribution in [3.05, 3.63) is 46.8 Å². The van der Waals surface area contributed by atoms with Gasteiger partial charge in [0, 0.05) is 43.9 Å². The van der Waals surface area contributed by atoms with Crippen LogP contribution in [0.4, 0.5) is 0 Å². The molecule has 0 bridgehead atoms. The van der Waals surface area contributed by atoms with E-state index in [1.165, 1.54) is 39.9 Å². The molecule has 1 aromatic heterocycles. The molecule has 2 aromatic carbocycles. The highest BCUT2D eigenvalue weighted by Gasteiger charge is 2.29. The standard InChI is InChI=1S/C27H35N3O6S2/c1-5-36-16-15-30-22-17-23(34-3)24(35-4)18-25(22)37-27(30)28-26(31)19-11-13-21(14-12-19)38(32,33)29(2)20-9-7-6-8-10-20/h11-14,17-18,20H,5-10,15-16H2,1-4H3. The molecule has 38 heavy (non-hydrogen) atoms. The third-order valence-electron chi connectivity index (χ3n) is 6.92. The lowest BCUT2D eigenvalue weighted by Gasteiger charge is -2.30. The van der Waals surface area contributed by atoms with E-state index in [-0.39, 0.29) is 10.9 Å². The highest BCUT2D eigenvalue weighted by atomic mass is 32.2. The quantitative estimate of drug-likeness (QED) is 0.339. The summed E-state index contributed by atoms with van der Waals surface area (Å²) in [5.74, 6) is 0.715. The number of hydrogen-bond donors (Lipinski definition) is 0. The lowest BCUT2D eigenvalue weighted by atomic mass is 9.96. The maximum atomic E-state index is 13.2. The van der Waals surface area contributed by atoms with Crippen molar-refractivity contribution < 1.29 is 27.4 Å². The summed E-state index contributed by atoms with van der Waals surface area (Å²) >= 11 is 1.36. The summed E-state index contributed by atoms with van der Waals surface area (Å²) in [7, 11) is 1.16. The van der Waals surface area contributed by atoms with Crippen LogP contribution in [0, 0.1) is 0 Å². The van der Waals surface area contributed by atoms with Crippen molar-refractivity contribution in [2.45, 2.75) is 56.5 Å². The van der Waals surface area contributed by atoms with Crippen LogP contribution in [0.25, 0.3) is 10.2 Å². The van der Waals surface area contributed by atoms with Gasteiger partial charge < -0.3 is 18.8 Å². The highest BCUT2D eigenvalue weighted by Crippen LogP contribution is 2.33. The number of ether oxygens (including phenoxy) is 3. The van der Waals surface area contributed by atoms with Crippen LogP contribution < -0.4 is 14.3 Å². The number of benzene rings is 2. The molecule has 1 fully saturated rings. The summed E-state index contributed by atoms with van der Waals surface area (Å²) in [6, 6.07) is 9.77. The summed E-state index contributed by atoms with van der Waals surface area (Å²) < 4.78 is 47.1. The number of hydrogen-bond acceptors (Lipinski definition) is 7. The van der Waals surface area contributed by atoms with E-state index in [1.807, 2.05) is 23.6 Å². The van der Waals surface area contributed by atoms with Gasteiger partial charge in [0.15, 0.2) is 16.3 Å². The first-order chi connectivity index (χ1) is 18.3. The first kappa shape index (κ1) is 28.3. The summed E-state index contributed by atoms with van der Waals surface area (Å²) in [6.07, 6.45) is 4.99. The van der Waals surface area contributed by atoms with E-state index in [9.17, 15) is 13.2 Å². The molecule has 4 rings (SSSR count). The molecule has 0 atom stereocenters. The van der Waals surface area contributed by atoms with E-state index in [2.05, 4.69) is 4.99 Å². The lowest BCUT2D eigenvalue weighted by Crippen LogP contribution is -2.38. The number of carbonyl (C=O) groups is 1. The first-order valence-electron chi connectivity index (χ1n) is 12.8. The number of carbonyl (C=O) groups excluding carboxylic acids is 1. The fourth-order valence-corrected chi connectivity index (χ4v) is 7.21. The molecule has 1 aliphatic rings. The van der Waals surface area contributed by atoms with Crippen molar-refractivity contribution >= 4 is 37.5 Å². The number of methoxy groups -OCH3 is 2. The molecular weight excluding hydrogens is 526 g/mol. The van der Waals surface area contributed by atoms with Crippen LogP contribution in [0.15, 0.2) is 46.3 Å². The van der Waals surface area contributed by atoms with Gasteiger partial charge in [-0.2, -0.15) is 9.30 Å². The van der Waals surface area contributed by atoms with E-state index < -0.39 is 15.9 Å². The molecular formula is C27H35N3O6S2. The van der Waals surface area contributed by atoms with Gasteiger partial charge in [0.25, 0.3) is 5.91 Å². The third-order valence-corrected chi connectivity index (χ3v) is 9.88. The van der Waals surface area contributed by atoms with E-state index in [4.69, 9.17) is 14.2 Å². The molecule has 9 nitrogen and oxygen atoms in total. The molecule has 0 spiro atoms. The third kappa shape index (κ3) is 5.96. The minimum atomic E-state index is -3.64. The minimum Gasteiger partial charge on any atom is -0.493 e. The number of thiazole rings is 1. The zero-order valence-electron chi connectivity index (χ0n) is 22.3. The maximum Gasteiger partial charge on any atom is 0.279 e. The van der Waals surface area contributed by atoms with Gasteiger partial charge in [0.1, 0.15) is 0 Å². The van der Waals surface area contributed by atoms with Crippen LogP contribution in [0.3, 0.4) is 0 Å². The number of nitrogens with zero attached hydrogens (tertiary/aromatic N) is 3. The van der Waals surface area contributed by atoms with Gasteiger partial charge in [-0.05, 0) is 44.0 Å². The van der Waals surface area contributed by atoms with E-state index >= 15 is 0 Å². The summed E-state index contributed by atoms with van der Waals surface area (Å²) in [5.41, 5.74) is 1.17. The average Bonchev–Trinajstić information content (AvgIpc) is 3.27. The Bertz CT molecular complexity index is 1440. The fourth-order valence-electron chi connectivity index (χ4n) is 4.73. The van der Waals surface area contributed by atoms with Crippen LogP contribution in [0.1, 0.15) is 49.4 Å².